The SMILES string of the molecule is N#Cc1[nH]nnc1-c1nc(-c2ccc(Cl)cc2)sc1-c1ccc(C(F)(F)F)cc1. The van der Waals surface area contributed by atoms with Crippen LogP contribution < -0.4 is 0 Å². The second kappa shape index (κ2) is 7.31. The van der Waals surface area contributed by atoms with Crippen LogP contribution >= 0.6 is 22.9 Å². The summed E-state index contributed by atoms with van der Waals surface area (Å²) in [5.74, 6) is 0. The van der Waals surface area contributed by atoms with Crippen molar-refractivity contribution in [3.8, 4) is 38.5 Å². The zero-order valence-electron chi connectivity index (χ0n) is 14.3. The Morgan fingerprint density at radius 3 is 2.24 bits per heavy atom. The first-order valence-electron chi connectivity index (χ1n) is 8.12. The molecule has 2 aromatic carbocycles. The highest BCUT2D eigenvalue weighted by molar-refractivity contribution is 7.19. The Kier molecular flexibility index (Phi) is 4.82. The molecule has 4 rings (SSSR count). The Hall–Kier alpha value is -3.22. The third-order valence-corrected chi connectivity index (χ3v) is 5.48. The van der Waals surface area contributed by atoms with Gasteiger partial charge in [0.2, 0.25) is 0 Å². The summed E-state index contributed by atoms with van der Waals surface area (Å²) in [5, 5.41) is 20.5. The number of hydrogen-bond acceptors (Lipinski definition) is 5. The maximum absolute atomic E-state index is 12.9. The number of aromatic nitrogens is 4. The number of alkyl halides is 3. The first-order valence-corrected chi connectivity index (χ1v) is 9.32. The van der Waals surface area contributed by atoms with Crippen molar-refractivity contribution in [1.29, 1.82) is 5.26 Å². The summed E-state index contributed by atoms with van der Waals surface area (Å²) in [5.41, 5.74) is 1.28. The molecule has 2 aromatic heterocycles. The molecule has 0 amide bonds. The maximum atomic E-state index is 12.9. The Labute approximate surface area is 171 Å². The monoisotopic (exact) mass is 431 g/mol. The molecule has 5 nitrogen and oxygen atoms in total. The first-order chi connectivity index (χ1) is 13.9. The molecule has 29 heavy (non-hydrogen) atoms. The Balaban J connectivity index is 1.87. The summed E-state index contributed by atoms with van der Waals surface area (Å²) < 4.78 is 38.7. The van der Waals surface area contributed by atoms with Crippen molar-refractivity contribution in [3.63, 3.8) is 0 Å². The van der Waals surface area contributed by atoms with Crippen LogP contribution in [0, 0.1) is 11.3 Å². The van der Waals surface area contributed by atoms with Gasteiger partial charge in [-0.25, -0.2) is 10.1 Å². The third-order valence-electron chi connectivity index (χ3n) is 4.08. The lowest BCUT2D eigenvalue weighted by Gasteiger charge is -2.07. The lowest BCUT2D eigenvalue weighted by atomic mass is 10.1. The van der Waals surface area contributed by atoms with Gasteiger partial charge in [-0.05, 0) is 29.8 Å². The van der Waals surface area contributed by atoms with Crippen molar-refractivity contribution in [2.24, 2.45) is 0 Å². The molecule has 0 fully saturated rings. The van der Waals surface area contributed by atoms with Crippen molar-refractivity contribution in [2.75, 3.05) is 0 Å². The van der Waals surface area contributed by atoms with E-state index in [1.54, 1.807) is 24.3 Å². The highest BCUT2D eigenvalue weighted by Crippen LogP contribution is 2.41. The van der Waals surface area contributed by atoms with Crippen LogP contribution in [-0.4, -0.2) is 20.4 Å². The second-order valence-electron chi connectivity index (χ2n) is 5.93. The van der Waals surface area contributed by atoms with Gasteiger partial charge >= 0.3 is 6.18 Å². The predicted molar refractivity (Wildman–Crippen MR) is 103 cm³/mol. The van der Waals surface area contributed by atoms with Crippen molar-refractivity contribution >= 4 is 22.9 Å². The number of thiazole rings is 1. The number of hydrogen-bond donors (Lipinski definition) is 1. The van der Waals surface area contributed by atoms with Gasteiger partial charge in [-0.15, -0.1) is 16.4 Å². The average molecular weight is 432 g/mol. The van der Waals surface area contributed by atoms with E-state index in [4.69, 9.17) is 11.6 Å². The molecule has 0 aliphatic carbocycles. The summed E-state index contributed by atoms with van der Waals surface area (Å²) in [7, 11) is 0. The molecule has 1 N–H and O–H groups in total. The van der Waals surface area contributed by atoms with Gasteiger partial charge in [-0.2, -0.15) is 18.4 Å². The summed E-state index contributed by atoms with van der Waals surface area (Å²) in [4.78, 5) is 5.17. The molecule has 0 aliphatic rings. The highest BCUT2D eigenvalue weighted by Gasteiger charge is 2.30. The fourth-order valence-electron chi connectivity index (χ4n) is 2.67. The summed E-state index contributed by atoms with van der Waals surface area (Å²) >= 11 is 7.21. The fraction of sp³-hybridized carbons (Fsp3) is 0.0526. The molecule has 2 heterocycles. The topological polar surface area (TPSA) is 78.2 Å². The number of H-pyrrole nitrogens is 1. The van der Waals surface area contributed by atoms with Crippen LogP contribution in [-0.2, 0) is 6.18 Å². The Morgan fingerprint density at radius 1 is 0.966 bits per heavy atom. The molecule has 10 heteroatoms. The van der Waals surface area contributed by atoms with E-state index in [0.717, 1.165) is 17.7 Å². The third kappa shape index (κ3) is 3.72. The van der Waals surface area contributed by atoms with Gasteiger partial charge in [0.15, 0.2) is 11.4 Å². The van der Waals surface area contributed by atoms with E-state index >= 15 is 0 Å². The van der Waals surface area contributed by atoms with Gasteiger partial charge in [-0.3, -0.25) is 0 Å². The van der Waals surface area contributed by atoms with E-state index in [2.05, 4.69) is 20.4 Å². The highest BCUT2D eigenvalue weighted by atomic mass is 35.5. The summed E-state index contributed by atoms with van der Waals surface area (Å²) in [6.45, 7) is 0. The smallest absolute Gasteiger partial charge is 0.247 e. The van der Waals surface area contributed by atoms with Gasteiger partial charge in [0.25, 0.3) is 0 Å². The van der Waals surface area contributed by atoms with Crippen LogP contribution in [0.15, 0.2) is 48.5 Å². The van der Waals surface area contributed by atoms with Crippen molar-refractivity contribution in [1.82, 2.24) is 20.4 Å². The zero-order valence-corrected chi connectivity index (χ0v) is 15.9. The normalized spacial score (nSPS) is 11.4. The molecule has 0 atom stereocenters. The summed E-state index contributed by atoms with van der Waals surface area (Å²) in [6.07, 6.45) is -4.43. The van der Waals surface area contributed by atoms with Gasteiger partial charge in [0.05, 0.1) is 10.4 Å². The van der Waals surface area contributed by atoms with E-state index in [9.17, 15) is 18.4 Å². The molecule has 0 unspecified atom stereocenters. The van der Waals surface area contributed by atoms with Gasteiger partial charge < -0.3 is 0 Å². The van der Waals surface area contributed by atoms with E-state index in [1.807, 2.05) is 6.07 Å². The number of rotatable bonds is 3. The Bertz CT molecular complexity index is 1200. The fourth-order valence-corrected chi connectivity index (χ4v) is 3.88. The van der Waals surface area contributed by atoms with Crippen LogP contribution in [0.3, 0.4) is 0 Å². The molecular formula is C19H9ClF3N5S. The van der Waals surface area contributed by atoms with Crippen LogP contribution in [0.4, 0.5) is 13.2 Å². The van der Waals surface area contributed by atoms with E-state index in [0.29, 0.717) is 26.2 Å². The second-order valence-corrected chi connectivity index (χ2v) is 7.36. The maximum Gasteiger partial charge on any atom is 0.416 e. The number of halogens is 4. The van der Waals surface area contributed by atoms with Crippen molar-refractivity contribution < 1.29 is 13.2 Å². The molecule has 0 aliphatic heterocycles. The number of aromatic amines is 1. The summed E-state index contributed by atoms with van der Waals surface area (Å²) in [6, 6.07) is 13.7. The van der Waals surface area contributed by atoms with Crippen LogP contribution in [0.25, 0.3) is 32.4 Å². The minimum Gasteiger partial charge on any atom is -0.247 e. The van der Waals surface area contributed by atoms with Gasteiger partial charge in [0.1, 0.15) is 16.8 Å². The largest absolute Gasteiger partial charge is 0.416 e. The predicted octanol–water partition coefficient (Wildman–Crippen LogP) is 5.81. The lowest BCUT2D eigenvalue weighted by Crippen LogP contribution is -2.03. The molecule has 0 saturated heterocycles. The molecule has 4 aromatic rings. The Morgan fingerprint density at radius 2 is 1.62 bits per heavy atom. The van der Waals surface area contributed by atoms with Gasteiger partial charge in [-0.1, -0.05) is 41.1 Å². The molecule has 0 bridgehead atoms. The molecule has 0 radical (unpaired) electrons. The molecular weight excluding hydrogens is 423 g/mol. The van der Waals surface area contributed by atoms with E-state index in [1.165, 1.54) is 23.5 Å². The quantitative estimate of drug-likeness (QED) is 0.444. The number of nitriles is 1. The minimum absolute atomic E-state index is 0.117. The standard InChI is InChI=1S/C19H9ClF3N5S/c20-13-7-3-11(4-8-13)18-25-16(15-14(9-24)26-28-27-15)17(29-18)10-1-5-12(6-2-10)19(21,22)23/h1-8H,(H,26,27,28). The molecule has 144 valence electrons. The number of nitrogens with zero attached hydrogens (tertiary/aromatic N) is 4. The zero-order chi connectivity index (χ0) is 20.6. The van der Waals surface area contributed by atoms with Crippen molar-refractivity contribution in [3.05, 3.63) is 64.8 Å². The van der Waals surface area contributed by atoms with Gasteiger partial charge in [0, 0.05) is 10.6 Å². The number of nitrogens with one attached hydrogen (secondary N) is 1. The van der Waals surface area contributed by atoms with Crippen LogP contribution in [0.1, 0.15) is 11.3 Å². The lowest BCUT2D eigenvalue weighted by molar-refractivity contribution is -0.137. The molecule has 0 spiro atoms. The average Bonchev–Trinajstić information content (AvgIpc) is 3.34. The molecule has 0 saturated carbocycles. The first kappa shape index (κ1) is 19.1. The minimum atomic E-state index is -4.43. The van der Waals surface area contributed by atoms with E-state index in [-0.39, 0.29) is 11.4 Å². The van der Waals surface area contributed by atoms with E-state index < -0.39 is 11.7 Å². The number of benzene rings is 2. The van der Waals surface area contributed by atoms with Crippen LogP contribution in [0.5, 0.6) is 0 Å². The van der Waals surface area contributed by atoms with Crippen molar-refractivity contribution in [2.45, 2.75) is 6.18 Å². The van der Waals surface area contributed by atoms with Crippen LogP contribution in [0.2, 0.25) is 5.02 Å².